The first-order valence-corrected chi connectivity index (χ1v) is 8.13. The predicted molar refractivity (Wildman–Crippen MR) is 97.2 cm³/mol. The molecule has 0 unspecified atom stereocenters. The molecule has 1 heterocycles. The minimum atomic E-state index is -0.204. The minimum Gasteiger partial charge on any atom is -0.392 e. The lowest BCUT2D eigenvalue weighted by molar-refractivity contribution is 0.102. The van der Waals surface area contributed by atoms with E-state index in [1.165, 1.54) is 0 Å². The van der Waals surface area contributed by atoms with Gasteiger partial charge in [-0.2, -0.15) is 0 Å². The Morgan fingerprint density at radius 3 is 2.44 bits per heavy atom. The molecule has 0 aliphatic heterocycles. The maximum atomic E-state index is 12.3. The van der Waals surface area contributed by atoms with Crippen LogP contribution in [0, 0.1) is 0 Å². The SMILES string of the molecule is CCc1nc(-c2ccc(CO)cc2)cnc1NC(=O)c1ccccc1. The Hall–Kier alpha value is -3.05. The van der Waals surface area contributed by atoms with Crippen LogP contribution >= 0.6 is 0 Å². The average Bonchev–Trinajstić information content (AvgIpc) is 2.69. The van der Waals surface area contributed by atoms with E-state index in [4.69, 9.17) is 5.11 Å². The third kappa shape index (κ3) is 3.89. The van der Waals surface area contributed by atoms with Crippen molar-refractivity contribution in [1.29, 1.82) is 0 Å². The molecular formula is C20H19N3O2. The van der Waals surface area contributed by atoms with Crippen molar-refractivity contribution in [3.8, 4) is 11.3 Å². The molecule has 0 spiro atoms. The first-order chi connectivity index (χ1) is 12.2. The monoisotopic (exact) mass is 333 g/mol. The molecule has 1 aromatic heterocycles. The van der Waals surface area contributed by atoms with E-state index in [1.807, 2.05) is 49.4 Å². The normalized spacial score (nSPS) is 10.5. The Balaban J connectivity index is 1.85. The number of hydrogen-bond acceptors (Lipinski definition) is 4. The summed E-state index contributed by atoms with van der Waals surface area (Å²) < 4.78 is 0. The van der Waals surface area contributed by atoms with Gasteiger partial charge in [0.25, 0.3) is 5.91 Å². The van der Waals surface area contributed by atoms with E-state index in [1.54, 1.807) is 18.3 Å². The first-order valence-electron chi connectivity index (χ1n) is 8.13. The van der Waals surface area contributed by atoms with Crippen LogP contribution in [-0.4, -0.2) is 21.0 Å². The van der Waals surface area contributed by atoms with Crippen molar-refractivity contribution >= 4 is 11.7 Å². The quantitative estimate of drug-likeness (QED) is 0.750. The van der Waals surface area contributed by atoms with Gasteiger partial charge in [0.05, 0.1) is 24.2 Å². The summed E-state index contributed by atoms with van der Waals surface area (Å²) in [7, 11) is 0. The molecule has 2 N–H and O–H groups in total. The van der Waals surface area contributed by atoms with Crippen LogP contribution in [0.5, 0.6) is 0 Å². The highest BCUT2D eigenvalue weighted by Crippen LogP contribution is 2.21. The lowest BCUT2D eigenvalue weighted by atomic mass is 10.1. The van der Waals surface area contributed by atoms with Crippen LogP contribution in [0.15, 0.2) is 60.8 Å². The number of rotatable bonds is 5. The zero-order valence-electron chi connectivity index (χ0n) is 13.9. The Kier molecular flexibility index (Phi) is 5.16. The smallest absolute Gasteiger partial charge is 0.256 e. The van der Waals surface area contributed by atoms with Crippen molar-refractivity contribution in [3.63, 3.8) is 0 Å². The molecule has 0 bridgehead atoms. The zero-order chi connectivity index (χ0) is 17.6. The number of aromatic nitrogens is 2. The standard InChI is InChI=1S/C20H19N3O2/c1-2-17-19(23-20(25)16-6-4-3-5-7-16)21-12-18(22-17)15-10-8-14(13-24)9-11-15/h3-12,24H,2,13H2,1H3,(H,21,23,25). The molecule has 3 rings (SSSR count). The van der Waals surface area contributed by atoms with Gasteiger partial charge in [0.15, 0.2) is 5.82 Å². The third-order valence-corrected chi connectivity index (χ3v) is 3.88. The zero-order valence-corrected chi connectivity index (χ0v) is 13.9. The molecule has 0 saturated heterocycles. The van der Waals surface area contributed by atoms with E-state index in [0.29, 0.717) is 17.8 Å². The number of amides is 1. The number of aliphatic hydroxyl groups is 1. The van der Waals surface area contributed by atoms with Gasteiger partial charge in [0.2, 0.25) is 0 Å². The molecule has 0 radical (unpaired) electrons. The number of hydrogen-bond donors (Lipinski definition) is 2. The van der Waals surface area contributed by atoms with E-state index >= 15 is 0 Å². The number of aliphatic hydroxyl groups excluding tert-OH is 1. The largest absolute Gasteiger partial charge is 0.392 e. The second kappa shape index (κ2) is 7.68. The van der Waals surface area contributed by atoms with Crippen LogP contribution in [-0.2, 0) is 13.0 Å². The average molecular weight is 333 g/mol. The molecule has 1 amide bonds. The highest BCUT2D eigenvalue weighted by atomic mass is 16.3. The molecule has 0 aliphatic carbocycles. The molecular weight excluding hydrogens is 314 g/mol. The number of nitrogens with one attached hydrogen (secondary N) is 1. The van der Waals surface area contributed by atoms with Gasteiger partial charge in [-0.25, -0.2) is 9.97 Å². The van der Waals surface area contributed by atoms with Crippen LogP contribution in [0.3, 0.4) is 0 Å². The van der Waals surface area contributed by atoms with E-state index < -0.39 is 0 Å². The van der Waals surface area contributed by atoms with E-state index in [9.17, 15) is 4.79 Å². The highest BCUT2D eigenvalue weighted by molar-refractivity contribution is 6.04. The van der Waals surface area contributed by atoms with E-state index in [0.717, 1.165) is 22.5 Å². The summed E-state index contributed by atoms with van der Waals surface area (Å²) in [4.78, 5) is 21.3. The summed E-state index contributed by atoms with van der Waals surface area (Å²) in [6.07, 6.45) is 2.30. The number of nitrogens with zero attached hydrogens (tertiary/aromatic N) is 2. The molecule has 0 atom stereocenters. The fourth-order valence-electron chi connectivity index (χ4n) is 2.47. The predicted octanol–water partition coefficient (Wildman–Crippen LogP) is 3.45. The lowest BCUT2D eigenvalue weighted by Gasteiger charge is -2.10. The second-order valence-electron chi connectivity index (χ2n) is 5.58. The van der Waals surface area contributed by atoms with Gasteiger partial charge in [-0.3, -0.25) is 4.79 Å². The van der Waals surface area contributed by atoms with Crippen LogP contribution in [0.4, 0.5) is 5.82 Å². The molecule has 0 aliphatic rings. The number of anilines is 1. The van der Waals surface area contributed by atoms with Gasteiger partial charge in [-0.05, 0) is 24.1 Å². The summed E-state index contributed by atoms with van der Waals surface area (Å²) in [5.74, 6) is 0.275. The topological polar surface area (TPSA) is 75.1 Å². The Morgan fingerprint density at radius 2 is 1.80 bits per heavy atom. The van der Waals surface area contributed by atoms with Gasteiger partial charge in [-0.1, -0.05) is 49.4 Å². The van der Waals surface area contributed by atoms with E-state index in [2.05, 4.69) is 15.3 Å². The molecule has 2 aromatic carbocycles. The summed E-state index contributed by atoms with van der Waals surface area (Å²) >= 11 is 0. The minimum absolute atomic E-state index is 0.0105. The number of benzene rings is 2. The van der Waals surface area contributed by atoms with Gasteiger partial charge in [0, 0.05) is 11.1 Å². The fourth-order valence-corrected chi connectivity index (χ4v) is 2.47. The van der Waals surface area contributed by atoms with Crippen molar-refractivity contribution in [2.24, 2.45) is 0 Å². The number of carbonyl (C=O) groups excluding carboxylic acids is 1. The second-order valence-corrected chi connectivity index (χ2v) is 5.58. The molecule has 5 nitrogen and oxygen atoms in total. The summed E-state index contributed by atoms with van der Waals surface area (Å²) in [5.41, 5.74) is 3.81. The highest BCUT2D eigenvalue weighted by Gasteiger charge is 2.12. The maximum Gasteiger partial charge on any atom is 0.256 e. The van der Waals surface area contributed by atoms with Gasteiger partial charge >= 0.3 is 0 Å². The molecule has 25 heavy (non-hydrogen) atoms. The van der Waals surface area contributed by atoms with Crippen LogP contribution in [0.2, 0.25) is 0 Å². The van der Waals surface area contributed by atoms with Crippen molar-refractivity contribution in [1.82, 2.24) is 9.97 Å². The van der Waals surface area contributed by atoms with Crippen molar-refractivity contribution in [2.45, 2.75) is 20.0 Å². The fraction of sp³-hybridized carbons (Fsp3) is 0.150. The Morgan fingerprint density at radius 1 is 1.08 bits per heavy atom. The Labute approximate surface area is 146 Å². The number of carbonyl (C=O) groups is 1. The van der Waals surface area contributed by atoms with Crippen LogP contribution in [0.25, 0.3) is 11.3 Å². The summed E-state index contributed by atoms with van der Waals surface area (Å²) in [6.45, 7) is 1.98. The lowest BCUT2D eigenvalue weighted by Crippen LogP contribution is -2.15. The molecule has 126 valence electrons. The maximum absolute atomic E-state index is 12.3. The van der Waals surface area contributed by atoms with Gasteiger partial charge in [-0.15, -0.1) is 0 Å². The summed E-state index contributed by atoms with van der Waals surface area (Å²) in [6, 6.07) is 16.5. The van der Waals surface area contributed by atoms with Crippen LogP contribution < -0.4 is 5.32 Å². The molecule has 0 saturated carbocycles. The van der Waals surface area contributed by atoms with E-state index in [-0.39, 0.29) is 12.5 Å². The third-order valence-electron chi connectivity index (χ3n) is 3.88. The summed E-state index contributed by atoms with van der Waals surface area (Å²) in [5, 5.41) is 12.0. The van der Waals surface area contributed by atoms with Gasteiger partial charge in [0.1, 0.15) is 0 Å². The first kappa shape index (κ1) is 16.8. The van der Waals surface area contributed by atoms with Crippen LogP contribution in [0.1, 0.15) is 28.5 Å². The number of aryl methyl sites for hydroxylation is 1. The van der Waals surface area contributed by atoms with Gasteiger partial charge < -0.3 is 10.4 Å². The molecule has 5 heteroatoms. The van der Waals surface area contributed by atoms with Crippen molar-refractivity contribution < 1.29 is 9.90 Å². The Bertz CT molecular complexity index is 862. The van der Waals surface area contributed by atoms with Crippen molar-refractivity contribution in [2.75, 3.05) is 5.32 Å². The molecule has 0 fully saturated rings. The molecule has 3 aromatic rings. The van der Waals surface area contributed by atoms with Crippen molar-refractivity contribution in [3.05, 3.63) is 77.6 Å².